The van der Waals surface area contributed by atoms with E-state index in [1.54, 1.807) is 59.5 Å². The van der Waals surface area contributed by atoms with Gasteiger partial charge in [-0.3, -0.25) is 33.6 Å². The van der Waals surface area contributed by atoms with E-state index < -0.39 is 46.8 Å². The number of aromatic hydroxyl groups is 1. The number of hydrogen-bond acceptors (Lipinski definition) is 8. The van der Waals surface area contributed by atoms with E-state index >= 15 is 9.59 Å². The first-order valence-electron chi connectivity index (χ1n) is 19.3. The van der Waals surface area contributed by atoms with E-state index in [0.717, 1.165) is 36.9 Å². The third-order valence-corrected chi connectivity index (χ3v) is 14.8. The molecule has 0 unspecified atom stereocenters. The number of Topliss-reactive ketones (excluding diaryl/α,β-unsaturated/α-hetero) is 1. The Kier molecular flexibility index (Phi) is 8.04. The number of imide groups is 2. The minimum atomic E-state index is -1.38. The van der Waals surface area contributed by atoms with Gasteiger partial charge in [0.05, 0.1) is 33.7 Å². The summed E-state index contributed by atoms with van der Waals surface area (Å²) in [5.41, 5.74) is 2.35. The second kappa shape index (κ2) is 12.8. The number of aromatic nitrogens is 2. The molecule has 2 saturated heterocycles. The molecule has 0 spiro atoms. The van der Waals surface area contributed by atoms with Gasteiger partial charge in [-0.15, -0.1) is 11.3 Å². The number of nitrogens with zero attached hydrogens (tertiary/aromatic N) is 4. The Balaban J connectivity index is 1.11. The lowest BCUT2D eigenvalue weighted by Gasteiger charge is -2.49. The summed E-state index contributed by atoms with van der Waals surface area (Å²) in [6.45, 7) is 5.27. The summed E-state index contributed by atoms with van der Waals surface area (Å²) < 4.78 is 2.60. The number of amides is 4. The molecule has 290 valence electrons. The minimum absolute atomic E-state index is 0.0183. The van der Waals surface area contributed by atoms with Crippen LogP contribution in [-0.2, 0) is 26.2 Å². The lowest BCUT2D eigenvalue weighted by Crippen LogP contribution is -2.49. The molecule has 0 bridgehead atoms. The maximum absolute atomic E-state index is 15.4. The molecule has 2 aromatic heterocycles. The molecule has 1 N–H and O–H groups in total. The molecule has 3 fully saturated rings. The number of rotatable bonds is 5. The summed E-state index contributed by atoms with van der Waals surface area (Å²) >= 11 is 7.90. The van der Waals surface area contributed by atoms with Crippen LogP contribution in [0.25, 0.3) is 31.4 Å². The number of thiophene rings is 1. The van der Waals surface area contributed by atoms with Crippen molar-refractivity contribution in [1.29, 1.82) is 0 Å². The van der Waals surface area contributed by atoms with Crippen molar-refractivity contribution < 1.29 is 29.1 Å². The van der Waals surface area contributed by atoms with Gasteiger partial charge in [-0.2, -0.15) is 5.10 Å². The van der Waals surface area contributed by atoms with E-state index in [2.05, 4.69) is 0 Å². The van der Waals surface area contributed by atoms with Crippen molar-refractivity contribution in [2.45, 2.75) is 39.5 Å². The highest BCUT2D eigenvalue weighted by molar-refractivity contribution is 7.22. The number of carbonyl (C=O) groups is 5. The van der Waals surface area contributed by atoms with Crippen molar-refractivity contribution in [2.75, 3.05) is 9.80 Å². The van der Waals surface area contributed by atoms with E-state index in [0.29, 0.717) is 33.3 Å². The molecule has 2 aliphatic carbocycles. The van der Waals surface area contributed by atoms with Crippen molar-refractivity contribution in [1.82, 2.24) is 9.78 Å². The maximum atomic E-state index is 15.4. The zero-order valence-electron chi connectivity index (χ0n) is 32.0. The molecule has 6 aromatic rings. The van der Waals surface area contributed by atoms with Gasteiger partial charge < -0.3 is 5.11 Å². The normalized spacial score (nSPS) is 25.4. The predicted octanol–water partition coefficient (Wildman–Crippen LogP) is 8.76. The molecule has 58 heavy (non-hydrogen) atoms. The highest BCUT2D eigenvalue weighted by Crippen LogP contribution is 2.65. The van der Waals surface area contributed by atoms with Gasteiger partial charge in [0.2, 0.25) is 23.6 Å². The fourth-order valence-corrected chi connectivity index (χ4v) is 11.8. The summed E-state index contributed by atoms with van der Waals surface area (Å²) in [4.78, 5) is 74.6. The highest BCUT2D eigenvalue weighted by atomic mass is 35.5. The maximum Gasteiger partial charge on any atom is 0.242 e. The fourth-order valence-electron chi connectivity index (χ4n) is 10.4. The summed E-state index contributed by atoms with van der Waals surface area (Å²) in [5, 5.41) is 19.9. The summed E-state index contributed by atoms with van der Waals surface area (Å²) in [5.74, 6) is -5.14. The first-order chi connectivity index (χ1) is 27.8. The van der Waals surface area contributed by atoms with Crippen molar-refractivity contribution in [3.05, 3.63) is 118 Å². The standard InChI is InChI=1S/C46H37ClN4O6S/c1-22-31-19-26(47)12-18-36(31)58-41(22)34-21-37(49(4)48-34)51-43(55)33-20-32-29(40(46(33,3)45(51)57)39-28-8-6-5-7-25(28)11-17-35(39)53)15-16-30-38(32)44(56)50(42(30)54)27-13-9-24(10-14-27)23(2)52/h5-15,17-19,21,30,32-33,38,40,53H,16,20H2,1-4H3/t30-,32+,33-,38-,40+,46+/m0/s1. The molecule has 4 heterocycles. The van der Waals surface area contributed by atoms with E-state index in [1.165, 1.54) is 16.7 Å². The van der Waals surface area contributed by atoms with Crippen molar-refractivity contribution in [3.63, 3.8) is 0 Å². The van der Waals surface area contributed by atoms with E-state index in [1.807, 2.05) is 68.5 Å². The largest absolute Gasteiger partial charge is 0.508 e. The van der Waals surface area contributed by atoms with E-state index in [9.17, 15) is 19.5 Å². The SMILES string of the molecule is CC(=O)c1ccc(N2C(=O)[C@H]3[C@H](CC=C4[C@H]3C[C@H]3C(=O)N(c5cc(-c6sc7ccc(Cl)cc7c6C)nn5C)C(=O)[C@@]3(C)[C@H]4c3c(O)ccc4ccccc34)C2=O)cc1. The number of carbonyl (C=O) groups excluding carboxylic acids is 5. The third kappa shape index (κ3) is 4.95. The molecule has 4 amide bonds. The van der Waals surface area contributed by atoms with Crippen LogP contribution in [0.3, 0.4) is 0 Å². The molecular formula is C46H37ClN4O6S. The number of phenolic OH excluding ortho intramolecular Hbond substituents is 1. The number of benzene rings is 4. The van der Waals surface area contributed by atoms with Gasteiger partial charge in [-0.25, -0.2) is 4.90 Å². The summed E-state index contributed by atoms with van der Waals surface area (Å²) in [7, 11) is 1.71. The Morgan fingerprint density at radius 1 is 0.897 bits per heavy atom. The molecule has 1 saturated carbocycles. The molecule has 2 aliphatic heterocycles. The Bertz CT molecular complexity index is 2880. The monoisotopic (exact) mass is 808 g/mol. The lowest BCUT2D eigenvalue weighted by molar-refractivity contribution is -0.131. The average Bonchev–Trinajstić information content (AvgIpc) is 3.88. The van der Waals surface area contributed by atoms with Gasteiger partial charge in [-0.1, -0.05) is 53.6 Å². The predicted molar refractivity (Wildman–Crippen MR) is 223 cm³/mol. The van der Waals surface area contributed by atoms with Crippen LogP contribution in [0, 0.1) is 36.0 Å². The first-order valence-corrected chi connectivity index (χ1v) is 20.5. The number of ketones is 1. The third-order valence-electron chi connectivity index (χ3n) is 13.3. The smallest absolute Gasteiger partial charge is 0.242 e. The van der Waals surface area contributed by atoms with E-state index in [-0.39, 0.29) is 36.2 Å². The molecular weight excluding hydrogens is 772 g/mol. The number of anilines is 2. The molecule has 10 rings (SSSR count). The average molecular weight is 809 g/mol. The Morgan fingerprint density at radius 2 is 1.66 bits per heavy atom. The highest BCUT2D eigenvalue weighted by Gasteiger charge is 2.68. The Hall–Kier alpha value is -5.91. The second-order valence-corrected chi connectivity index (χ2v) is 17.7. The Labute approximate surface area is 342 Å². The molecule has 6 atom stereocenters. The second-order valence-electron chi connectivity index (χ2n) is 16.2. The van der Waals surface area contributed by atoms with Gasteiger partial charge in [-0.05, 0) is 110 Å². The van der Waals surface area contributed by atoms with Gasteiger partial charge in [0, 0.05) is 39.9 Å². The number of hydrogen-bond donors (Lipinski definition) is 1. The van der Waals surface area contributed by atoms with Crippen LogP contribution in [0.4, 0.5) is 11.5 Å². The van der Waals surface area contributed by atoms with Gasteiger partial charge >= 0.3 is 0 Å². The van der Waals surface area contributed by atoms with Crippen LogP contribution in [-0.4, -0.2) is 44.3 Å². The molecule has 4 aromatic carbocycles. The number of fused-ring (bicyclic) bond motifs is 6. The summed E-state index contributed by atoms with van der Waals surface area (Å²) in [6.07, 6.45) is 2.39. The van der Waals surface area contributed by atoms with Crippen LogP contribution >= 0.6 is 22.9 Å². The number of phenols is 1. The van der Waals surface area contributed by atoms with Crippen LogP contribution in [0.1, 0.15) is 54.1 Å². The number of allylic oxidation sites excluding steroid dienone is 2. The van der Waals surface area contributed by atoms with Gasteiger partial charge in [0.25, 0.3) is 0 Å². The van der Waals surface area contributed by atoms with Crippen LogP contribution in [0.15, 0.2) is 96.6 Å². The van der Waals surface area contributed by atoms with Crippen LogP contribution < -0.4 is 9.80 Å². The summed E-state index contributed by atoms with van der Waals surface area (Å²) in [6, 6.07) is 25.0. The van der Waals surface area contributed by atoms with Crippen molar-refractivity contribution in [3.8, 4) is 16.3 Å². The zero-order valence-corrected chi connectivity index (χ0v) is 33.6. The fraction of sp³-hybridized carbons (Fsp3) is 0.261. The minimum Gasteiger partial charge on any atom is -0.508 e. The van der Waals surface area contributed by atoms with Crippen molar-refractivity contribution >= 4 is 84.7 Å². The first kappa shape index (κ1) is 36.4. The van der Waals surface area contributed by atoms with Crippen LogP contribution in [0.5, 0.6) is 5.75 Å². The Morgan fingerprint density at radius 3 is 2.41 bits per heavy atom. The molecule has 4 aliphatic rings. The molecule has 0 radical (unpaired) electrons. The zero-order chi connectivity index (χ0) is 40.5. The quantitative estimate of drug-likeness (QED) is 0.105. The van der Waals surface area contributed by atoms with E-state index in [4.69, 9.17) is 16.7 Å². The molecule has 10 nitrogen and oxygen atoms in total. The van der Waals surface area contributed by atoms with Crippen LogP contribution in [0.2, 0.25) is 5.02 Å². The molecule has 12 heteroatoms. The topological polar surface area (TPSA) is 130 Å². The van der Waals surface area contributed by atoms with Gasteiger partial charge in [0.1, 0.15) is 17.3 Å². The van der Waals surface area contributed by atoms with Gasteiger partial charge in [0.15, 0.2) is 5.78 Å². The van der Waals surface area contributed by atoms with Crippen molar-refractivity contribution in [2.24, 2.45) is 36.1 Å². The number of aryl methyl sites for hydroxylation is 2. The number of halogens is 1. The lowest BCUT2D eigenvalue weighted by atomic mass is 9.51.